The molecule has 0 aliphatic heterocycles. The molecule has 7 nitrogen and oxygen atoms in total. The van der Waals surface area contributed by atoms with Gasteiger partial charge in [0.25, 0.3) is 11.8 Å². The Morgan fingerprint density at radius 1 is 0.968 bits per heavy atom. The zero-order chi connectivity index (χ0) is 21.8. The van der Waals surface area contributed by atoms with Crippen molar-refractivity contribution >= 4 is 33.8 Å². The molecule has 0 aliphatic carbocycles. The smallest absolute Gasteiger partial charge is 0.291 e. The molecule has 4 aromatic rings. The second-order valence-electron chi connectivity index (χ2n) is 6.71. The molecular formula is C23H19N3O4S. The summed E-state index contributed by atoms with van der Waals surface area (Å²) in [6.45, 7) is 3.97. The number of rotatable bonds is 6. The summed E-state index contributed by atoms with van der Waals surface area (Å²) in [6.07, 6.45) is 3.03. The third-order valence-corrected chi connectivity index (χ3v) is 5.59. The third-order valence-electron chi connectivity index (χ3n) is 4.59. The minimum Gasteiger partial charge on any atom is -0.459 e. The Morgan fingerprint density at radius 3 is 2.65 bits per heavy atom. The van der Waals surface area contributed by atoms with E-state index in [4.69, 9.17) is 9.15 Å². The van der Waals surface area contributed by atoms with Crippen LogP contribution < -0.4 is 15.4 Å². The Hall–Kier alpha value is -3.91. The number of carbonyl (C=O) groups is 2. The van der Waals surface area contributed by atoms with E-state index < -0.39 is 0 Å². The van der Waals surface area contributed by atoms with Gasteiger partial charge in [0.05, 0.1) is 16.1 Å². The Balaban J connectivity index is 1.47. The van der Waals surface area contributed by atoms with E-state index in [0.29, 0.717) is 27.2 Å². The maximum atomic E-state index is 12.8. The van der Waals surface area contributed by atoms with Gasteiger partial charge in [-0.3, -0.25) is 9.59 Å². The van der Waals surface area contributed by atoms with Gasteiger partial charge in [0.1, 0.15) is 11.4 Å². The largest absolute Gasteiger partial charge is 0.459 e. The van der Waals surface area contributed by atoms with Gasteiger partial charge in [-0.2, -0.15) is 0 Å². The van der Waals surface area contributed by atoms with Crippen molar-refractivity contribution in [2.24, 2.45) is 0 Å². The number of carbonyl (C=O) groups excluding carboxylic acids is 2. The molecule has 156 valence electrons. The van der Waals surface area contributed by atoms with Crippen molar-refractivity contribution in [3.63, 3.8) is 0 Å². The molecule has 0 saturated carbocycles. The molecule has 0 spiro atoms. The summed E-state index contributed by atoms with van der Waals surface area (Å²) in [5, 5.41) is 6.07. The Morgan fingerprint density at radius 2 is 1.84 bits per heavy atom. The van der Waals surface area contributed by atoms with Crippen molar-refractivity contribution in [1.82, 2.24) is 4.98 Å². The number of aryl methyl sites for hydroxylation is 1. The van der Waals surface area contributed by atoms with Gasteiger partial charge >= 0.3 is 0 Å². The van der Waals surface area contributed by atoms with Crippen LogP contribution in [0, 0.1) is 13.8 Å². The number of anilines is 2. The van der Waals surface area contributed by atoms with Crippen LogP contribution in [0.5, 0.6) is 11.6 Å². The first-order valence-corrected chi connectivity index (χ1v) is 10.3. The highest BCUT2D eigenvalue weighted by Gasteiger charge is 2.16. The lowest BCUT2D eigenvalue weighted by molar-refractivity contribution is 0.0995. The SMILES string of the molecule is Cc1cccc(Oc2ncccc2NC(=O)c2ccc(NC(=O)c3ccco3)s2)c1C. The first-order chi connectivity index (χ1) is 15.0. The van der Waals surface area contributed by atoms with Crippen LogP contribution in [0.1, 0.15) is 31.4 Å². The molecule has 31 heavy (non-hydrogen) atoms. The minimum absolute atomic E-state index is 0.197. The van der Waals surface area contributed by atoms with Gasteiger partial charge in [0.2, 0.25) is 5.88 Å². The molecule has 1 aromatic carbocycles. The van der Waals surface area contributed by atoms with Gasteiger partial charge in [-0.25, -0.2) is 4.98 Å². The number of aromatic nitrogens is 1. The van der Waals surface area contributed by atoms with Crippen LogP contribution in [0.25, 0.3) is 0 Å². The Kier molecular flexibility index (Phi) is 5.81. The van der Waals surface area contributed by atoms with Gasteiger partial charge in [-0.15, -0.1) is 11.3 Å². The maximum absolute atomic E-state index is 12.8. The lowest BCUT2D eigenvalue weighted by atomic mass is 10.1. The highest BCUT2D eigenvalue weighted by Crippen LogP contribution is 2.31. The molecule has 0 fully saturated rings. The number of nitrogens with zero attached hydrogens (tertiary/aromatic N) is 1. The molecule has 0 radical (unpaired) electrons. The molecule has 3 heterocycles. The van der Waals surface area contributed by atoms with Crippen LogP contribution in [0.4, 0.5) is 10.7 Å². The molecule has 0 bridgehead atoms. The lowest BCUT2D eigenvalue weighted by Crippen LogP contribution is -2.11. The predicted octanol–water partition coefficient (Wildman–Crippen LogP) is 5.65. The third kappa shape index (κ3) is 4.65. The fraction of sp³-hybridized carbons (Fsp3) is 0.0870. The van der Waals surface area contributed by atoms with Crippen LogP contribution in [-0.4, -0.2) is 16.8 Å². The molecule has 0 unspecified atom stereocenters. The average Bonchev–Trinajstić information content (AvgIpc) is 3.45. The summed E-state index contributed by atoms with van der Waals surface area (Å²) >= 11 is 1.15. The van der Waals surface area contributed by atoms with Crippen LogP contribution in [0.3, 0.4) is 0 Å². The number of benzene rings is 1. The second kappa shape index (κ2) is 8.85. The van der Waals surface area contributed by atoms with Crippen molar-refractivity contribution in [2.45, 2.75) is 13.8 Å². The van der Waals surface area contributed by atoms with Gasteiger partial charge in [0.15, 0.2) is 5.76 Å². The monoisotopic (exact) mass is 433 g/mol. The Bertz CT molecular complexity index is 1230. The molecule has 2 N–H and O–H groups in total. The summed E-state index contributed by atoms with van der Waals surface area (Å²) in [5.41, 5.74) is 2.55. The topological polar surface area (TPSA) is 93.5 Å². The van der Waals surface area contributed by atoms with Crippen molar-refractivity contribution in [1.29, 1.82) is 0 Å². The normalized spacial score (nSPS) is 10.5. The molecule has 3 aromatic heterocycles. The molecule has 2 amide bonds. The summed E-state index contributed by atoms with van der Waals surface area (Å²) < 4.78 is 11.0. The molecule has 0 saturated heterocycles. The number of furan rings is 1. The molecule has 0 atom stereocenters. The zero-order valence-corrected chi connectivity index (χ0v) is 17.7. The van der Waals surface area contributed by atoms with Crippen molar-refractivity contribution in [2.75, 3.05) is 10.6 Å². The van der Waals surface area contributed by atoms with Crippen LogP contribution in [-0.2, 0) is 0 Å². The van der Waals surface area contributed by atoms with E-state index in [1.165, 1.54) is 6.26 Å². The number of pyridine rings is 1. The van der Waals surface area contributed by atoms with Gasteiger partial charge in [-0.05, 0) is 67.4 Å². The van der Waals surface area contributed by atoms with Crippen molar-refractivity contribution in [3.8, 4) is 11.6 Å². The summed E-state index contributed by atoms with van der Waals surface area (Å²) in [6, 6.07) is 15.7. The first-order valence-electron chi connectivity index (χ1n) is 9.46. The maximum Gasteiger partial charge on any atom is 0.291 e. The number of hydrogen-bond donors (Lipinski definition) is 2. The second-order valence-corrected chi connectivity index (χ2v) is 7.79. The van der Waals surface area contributed by atoms with Crippen LogP contribution in [0.15, 0.2) is 71.5 Å². The minimum atomic E-state index is -0.379. The number of hydrogen-bond acceptors (Lipinski definition) is 6. The number of thiophene rings is 1. The molecule has 0 aliphatic rings. The first kappa shape index (κ1) is 20.4. The van der Waals surface area contributed by atoms with Gasteiger partial charge in [-0.1, -0.05) is 12.1 Å². The lowest BCUT2D eigenvalue weighted by Gasteiger charge is -2.13. The number of ether oxygens (including phenoxy) is 1. The predicted molar refractivity (Wildman–Crippen MR) is 119 cm³/mol. The van der Waals surface area contributed by atoms with E-state index in [2.05, 4.69) is 15.6 Å². The van der Waals surface area contributed by atoms with E-state index in [1.54, 1.807) is 42.6 Å². The van der Waals surface area contributed by atoms with E-state index in [-0.39, 0.29) is 17.6 Å². The summed E-state index contributed by atoms with van der Waals surface area (Å²) in [5.74, 6) is 0.460. The van der Waals surface area contributed by atoms with Crippen molar-refractivity contribution < 1.29 is 18.7 Å². The summed E-state index contributed by atoms with van der Waals surface area (Å²) in [4.78, 5) is 29.5. The van der Waals surface area contributed by atoms with Crippen LogP contribution >= 0.6 is 11.3 Å². The fourth-order valence-electron chi connectivity index (χ4n) is 2.80. The van der Waals surface area contributed by atoms with Crippen LogP contribution in [0.2, 0.25) is 0 Å². The summed E-state index contributed by atoms with van der Waals surface area (Å²) in [7, 11) is 0. The Labute approximate surface area is 182 Å². The van der Waals surface area contributed by atoms with E-state index in [1.807, 2.05) is 32.0 Å². The highest BCUT2D eigenvalue weighted by atomic mass is 32.1. The van der Waals surface area contributed by atoms with E-state index in [9.17, 15) is 9.59 Å². The number of nitrogens with one attached hydrogen (secondary N) is 2. The quantitative estimate of drug-likeness (QED) is 0.410. The zero-order valence-electron chi connectivity index (χ0n) is 16.8. The molecular weight excluding hydrogens is 414 g/mol. The fourth-order valence-corrected chi connectivity index (χ4v) is 3.59. The standard InChI is InChI=1S/C23H19N3O4S/c1-14-6-3-8-17(15(14)2)30-23-16(7-4-12-24-23)25-22(28)19-10-11-20(31-19)26-21(27)18-9-5-13-29-18/h3-13H,1-2H3,(H,25,28)(H,26,27). The number of amides is 2. The average molecular weight is 433 g/mol. The van der Waals surface area contributed by atoms with Crippen molar-refractivity contribution in [3.05, 3.63) is 88.8 Å². The molecule has 4 rings (SSSR count). The highest BCUT2D eigenvalue weighted by molar-refractivity contribution is 7.18. The van der Waals surface area contributed by atoms with Gasteiger partial charge in [0, 0.05) is 6.20 Å². The van der Waals surface area contributed by atoms with E-state index in [0.717, 1.165) is 22.5 Å². The van der Waals surface area contributed by atoms with Gasteiger partial charge < -0.3 is 19.8 Å². The molecule has 8 heteroatoms. The van der Waals surface area contributed by atoms with E-state index >= 15 is 0 Å².